The van der Waals surface area contributed by atoms with Gasteiger partial charge in [-0.2, -0.15) is 5.26 Å². The predicted octanol–water partition coefficient (Wildman–Crippen LogP) is 3.74. The molecule has 1 aromatic carbocycles. The van der Waals surface area contributed by atoms with Crippen molar-refractivity contribution in [3.8, 4) is 11.8 Å². The van der Waals surface area contributed by atoms with E-state index in [2.05, 4.69) is 24.1 Å². The Morgan fingerprint density at radius 1 is 1.30 bits per heavy atom. The lowest BCUT2D eigenvalue weighted by Gasteiger charge is -2.28. The van der Waals surface area contributed by atoms with Gasteiger partial charge in [-0.25, -0.2) is 0 Å². The SMILES string of the molecule is CC(C)(CCCc1ccccn1)NC[C@@H](O)COc1cccc(Cl)c1C#N. The average molecular weight is 388 g/mol. The van der Waals surface area contributed by atoms with Crippen molar-refractivity contribution in [3.63, 3.8) is 0 Å². The summed E-state index contributed by atoms with van der Waals surface area (Å²) in [5, 5.41) is 23.1. The highest BCUT2D eigenvalue weighted by molar-refractivity contribution is 6.31. The second-order valence-corrected chi connectivity index (χ2v) is 7.54. The van der Waals surface area contributed by atoms with E-state index in [0.717, 1.165) is 25.0 Å². The Kier molecular flexibility index (Phi) is 8.05. The molecule has 0 amide bonds. The molecule has 1 atom stereocenters. The van der Waals surface area contributed by atoms with Crippen molar-refractivity contribution in [1.29, 1.82) is 5.26 Å². The van der Waals surface area contributed by atoms with E-state index >= 15 is 0 Å². The van der Waals surface area contributed by atoms with Gasteiger partial charge < -0.3 is 15.2 Å². The summed E-state index contributed by atoms with van der Waals surface area (Å²) >= 11 is 5.98. The summed E-state index contributed by atoms with van der Waals surface area (Å²) in [6.45, 7) is 4.72. The summed E-state index contributed by atoms with van der Waals surface area (Å²) in [6, 6.07) is 13.0. The topological polar surface area (TPSA) is 78.2 Å². The van der Waals surface area contributed by atoms with Crippen LogP contribution in [-0.4, -0.2) is 34.9 Å². The van der Waals surface area contributed by atoms with E-state index in [9.17, 15) is 5.11 Å². The Labute approximate surface area is 166 Å². The lowest BCUT2D eigenvalue weighted by molar-refractivity contribution is 0.0978. The van der Waals surface area contributed by atoms with Gasteiger partial charge in [0, 0.05) is 24.0 Å². The molecule has 2 rings (SSSR count). The molecule has 0 radical (unpaired) electrons. The fourth-order valence-corrected chi connectivity index (χ4v) is 2.93. The Balaban J connectivity index is 1.73. The molecule has 144 valence electrons. The minimum Gasteiger partial charge on any atom is -0.489 e. The number of rotatable bonds is 10. The van der Waals surface area contributed by atoms with Gasteiger partial charge in [-0.15, -0.1) is 0 Å². The molecule has 0 saturated carbocycles. The molecule has 27 heavy (non-hydrogen) atoms. The third-order valence-corrected chi connectivity index (χ3v) is 4.61. The van der Waals surface area contributed by atoms with Gasteiger partial charge in [0.1, 0.15) is 30.1 Å². The van der Waals surface area contributed by atoms with Crippen molar-refractivity contribution in [3.05, 3.63) is 58.9 Å². The molecular weight excluding hydrogens is 362 g/mol. The molecule has 1 heterocycles. The molecule has 2 N–H and O–H groups in total. The van der Waals surface area contributed by atoms with Crippen LogP contribution < -0.4 is 10.1 Å². The van der Waals surface area contributed by atoms with Gasteiger partial charge in [0.2, 0.25) is 0 Å². The summed E-state index contributed by atoms with van der Waals surface area (Å²) < 4.78 is 5.57. The number of nitrogens with zero attached hydrogens (tertiary/aromatic N) is 2. The third kappa shape index (κ3) is 7.18. The van der Waals surface area contributed by atoms with Crippen molar-refractivity contribution < 1.29 is 9.84 Å². The molecule has 1 aromatic heterocycles. The van der Waals surface area contributed by atoms with Crippen molar-refractivity contribution in [2.24, 2.45) is 0 Å². The number of aliphatic hydroxyl groups is 1. The number of nitrogens with one attached hydrogen (secondary N) is 1. The summed E-state index contributed by atoms with van der Waals surface area (Å²) in [7, 11) is 0. The number of nitriles is 1. The Hall–Kier alpha value is -2.13. The first-order chi connectivity index (χ1) is 12.9. The van der Waals surface area contributed by atoms with Gasteiger partial charge in [-0.05, 0) is 57.4 Å². The van der Waals surface area contributed by atoms with Gasteiger partial charge in [0.15, 0.2) is 0 Å². The first-order valence-corrected chi connectivity index (χ1v) is 9.43. The fourth-order valence-electron chi connectivity index (χ4n) is 2.72. The first kappa shape index (κ1) is 21.2. The zero-order valence-corrected chi connectivity index (χ0v) is 16.5. The largest absolute Gasteiger partial charge is 0.489 e. The molecule has 0 saturated heterocycles. The number of halogens is 1. The lowest BCUT2D eigenvalue weighted by atomic mass is 9.96. The van der Waals surface area contributed by atoms with Gasteiger partial charge in [-0.3, -0.25) is 4.98 Å². The van der Waals surface area contributed by atoms with Crippen LogP contribution >= 0.6 is 11.6 Å². The number of aromatic nitrogens is 1. The van der Waals surface area contributed by atoms with Crippen LogP contribution in [0.2, 0.25) is 5.02 Å². The second-order valence-electron chi connectivity index (χ2n) is 7.13. The second kappa shape index (κ2) is 10.3. The Morgan fingerprint density at radius 3 is 2.81 bits per heavy atom. The van der Waals surface area contributed by atoms with Crippen LogP contribution in [0.1, 0.15) is 37.9 Å². The quantitative estimate of drug-likeness (QED) is 0.649. The molecule has 2 aromatic rings. The number of β-amino-alcohol motifs (C(OH)–C–C–N with tert-alkyl or cyclic N) is 1. The zero-order valence-electron chi connectivity index (χ0n) is 15.8. The fraction of sp³-hybridized carbons (Fsp3) is 0.429. The maximum Gasteiger partial charge on any atom is 0.138 e. The van der Waals surface area contributed by atoms with Crippen LogP contribution in [0.25, 0.3) is 0 Å². The van der Waals surface area contributed by atoms with Crippen LogP contribution in [0.5, 0.6) is 5.75 Å². The maximum absolute atomic E-state index is 10.2. The minimum atomic E-state index is -0.689. The molecule has 0 aliphatic rings. The molecule has 6 heteroatoms. The van der Waals surface area contributed by atoms with E-state index in [1.165, 1.54) is 0 Å². The van der Waals surface area contributed by atoms with Crippen molar-refractivity contribution in [2.45, 2.75) is 44.8 Å². The lowest BCUT2D eigenvalue weighted by Crippen LogP contribution is -2.44. The first-order valence-electron chi connectivity index (χ1n) is 9.06. The molecule has 5 nitrogen and oxygen atoms in total. The molecule has 0 unspecified atom stereocenters. The minimum absolute atomic E-state index is 0.0893. The number of hydrogen-bond donors (Lipinski definition) is 2. The normalized spacial score (nSPS) is 12.4. The number of hydrogen-bond acceptors (Lipinski definition) is 5. The van der Waals surface area contributed by atoms with E-state index in [1.807, 2.05) is 30.5 Å². The van der Waals surface area contributed by atoms with Crippen LogP contribution in [-0.2, 0) is 6.42 Å². The maximum atomic E-state index is 10.2. The van der Waals surface area contributed by atoms with Gasteiger partial charge in [0.25, 0.3) is 0 Å². The van der Waals surface area contributed by atoms with Gasteiger partial charge in [0.05, 0.1) is 5.02 Å². The number of ether oxygens (including phenoxy) is 1. The standard InChI is InChI=1S/C21H26ClN3O2/c1-21(2,11-6-8-16-7-3-4-12-24-16)25-14-17(26)15-27-20-10-5-9-19(22)18(20)13-23/h3-5,7,9-10,12,17,25-26H,6,8,11,14-15H2,1-2H3/t17-/m1/s1. The van der Waals surface area contributed by atoms with E-state index < -0.39 is 6.10 Å². The Morgan fingerprint density at radius 2 is 2.11 bits per heavy atom. The smallest absolute Gasteiger partial charge is 0.138 e. The molecule has 0 aliphatic carbocycles. The van der Waals surface area contributed by atoms with Gasteiger partial charge >= 0.3 is 0 Å². The number of aryl methyl sites for hydroxylation is 1. The van der Waals surface area contributed by atoms with E-state index in [0.29, 0.717) is 17.3 Å². The van der Waals surface area contributed by atoms with E-state index in [-0.39, 0.29) is 17.7 Å². The van der Waals surface area contributed by atoms with E-state index in [4.69, 9.17) is 21.6 Å². The van der Waals surface area contributed by atoms with Crippen molar-refractivity contribution in [1.82, 2.24) is 10.3 Å². The van der Waals surface area contributed by atoms with Gasteiger partial charge in [-0.1, -0.05) is 23.7 Å². The highest BCUT2D eigenvalue weighted by Crippen LogP contribution is 2.25. The van der Waals surface area contributed by atoms with E-state index in [1.54, 1.807) is 18.2 Å². The average Bonchev–Trinajstić information content (AvgIpc) is 2.65. The number of benzene rings is 1. The molecule has 0 aliphatic heterocycles. The summed E-state index contributed by atoms with van der Waals surface area (Å²) in [6.07, 6.45) is 4.03. The Bertz CT molecular complexity index is 760. The van der Waals surface area contributed by atoms with Crippen LogP contribution in [0.3, 0.4) is 0 Å². The molecule has 0 spiro atoms. The number of pyridine rings is 1. The predicted molar refractivity (Wildman–Crippen MR) is 107 cm³/mol. The highest BCUT2D eigenvalue weighted by Gasteiger charge is 2.19. The molecule has 0 bridgehead atoms. The summed E-state index contributed by atoms with van der Waals surface area (Å²) in [5.41, 5.74) is 1.27. The molecule has 0 fully saturated rings. The summed E-state index contributed by atoms with van der Waals surface area (Å²) in [4.78, 5) is 4.34. The highest BCUT2D eigenvalue weighted by atomic mass is 35.5. The zero-order chi connectivity index (χ0) is 19.7. The number of aliphatic hydroxyl groups excluding tert-OH is 1. The van der Waals surface area contributed by atoms with Crippen LogP contribution in [0.15, 0.2) is 42.6 Å². The van der Waals surface area contributed by atoms with Crippen molar-refractivity contribution >= 4 is 11.6 Å². The third-order valence-electron chi connectivity index (χ3n) is 4.30. The van der Waals surface area contributed by atoms with Crippen molar-refractivity contribution in [2.75, 3.05) is 13.2 Å². The van der Waals surface area contributed by atoms with Crippen LogP contribution in [0.4, 0.5) is 0 Å². The molecular formula is C21H26ClN3O2. The monoisotopic (exact) mass is 387 g/mol. The van der Waals surface area contributed by atoms with Crippen LogP contribution in [0, 0.1) is 11.3 Å². The summed E-state index contributed by atoms with van der Waals surface area (Å²) in [5.74, 6) is 0.388.